The van der Waals surface area contributed by atoms with E-state index in [-0.39, 0.29) is 11.5 Å². The average Bonchev–Trinajstić information content (AvgIpc) is 3.02. The van der Waals surface area contributed by atoms with Crippen LogP contribution in [-0.2, 0) is 11.3 Å². The van der Waals surface area contributed by atoms with E-state index in [9.17, 15) is 4.79 Å². The van der Waals surface area contributed by atoms with Gasteiger partial charge in [-0.15, -0.1) is 0 Å². The monoisotopic (exact) mass is 360 g/mol. The van der Waals surface area contributed by atoms with E-state index in [1.165, 1.54) is 5.56 Å². The van der Waals surface area contributed by atoms with Gasteiger partial charge in [0.25, 0.3) is 5.91 Å². The van der Waals surface area contributed by atoms with Crippen molar-refractivity contribution in [3.8, 4) is 0 Å². The molecule has 0 bridgehead atoms. The molecule has 0 aliphatic carbocycles. The number of rotatable bonds is 7. The molecule has 6 heteroatoms. The van der Waals surface area contributed by atoms with Gasteiger partial charge in [0, 0.05) is 37.8 Å². The highest BCUT2D eigenvalue weighted by atomic mass is 16.5. The van der Waals surface area contributed by atoms with Crippen LogP contribution in [0.4, 0.5) is 0 Å². The van der Waals surface area contributed by atoms with Gasteiger partial charge in [0.05, 0.1) is 5.60 Å². The fourth-order valence-corrected chi connectivity index (χ4v) is 3.88. The molecular weight excluding hydrogens is 328 g/mol. The van der Waals surface area contributed by atoms with Crippen molar-refractivity contribution in [2.75, 3.05) is 46.9 Å². The first-order valence-corrected chi connectivity index (χ1v) is 9.69. The SMILES string of the molecule is CN(C)CCNC(=O)c1ccc(CNC2CCOC23CCNCC3)cc1. The lowest BCUT2D eigenvalue weighted by Crippen LogP contribution is -2.53. The molecule has 26 heavy (non-hydrogen) atoms. The number of hydrogen-bond donors (Lipinski definition) is 3. The number of piperidine rings is 1. The zero-order valence-corrected chi connectivity index (χ0v) is 16.0. The third kappa shape index (κ3) is 4.82. The molecule has 2 heterocycles. The second-order valence-electron chi connectivity index (χ2n) is 7.64. The lowest BCUT2D eigenvalue weighted by Gasteiger charge is -2.38. The Kier molecular flexibility index (Phi) is 6.64. The van der Waals surface area contributed by atoms with Crippen molar-refractivity contribution in [2.45, 2.75) is 37.5 Å². The van der Waals surface area contributed by atoms with Crippen LogP contribution >= 0.6 is 0 Å². The van der Waals surface area contributed by atoms with E-state index in [1.54, 1.807) is 0 Å². The topological polar surface area (TPSA) is 65.6 Å². The van der Waals surface area contributed by atoms with E-state index >= 15 is 0 Å². The van der Waals surface area contributed by atoms with Crippen molar-refractivity contribution in [1.29, 1.82) is 0 Å². The molecule has 1 aromatic carbocycles. The van der Waals surface area contributed by atoms with Crippen LogP contribution in [0.1, 0.15) is 35.2 Å². The summed E-state index contributed by atoms with van der Waals surface area (Å²) in [5.41, 5.74) is 1.93. The van der Waals surface area contributed by atoms with Gasteiger partial charge in [-0.2, -0.15) is 0 Å². The van der Waals surface area contributed by atoms with Crippen molar-refractivity contribution >= 4 is 5.91 Å². The van der Waals surface area contributed by atoms with Gasteiger partial charge in [0.1, 0.15) is 0 Å². The van der Waals surface area contributed by atoms with E-state index in [0.29, 0.717) is 18.2 Å². The molecule has 3 rings (SSSR count). The number of likely N-dealkylation sites (N-methyl/N-ethyl adjacent to an activating group) is 1. The van der Waals surface area contributed by atoms with Crippen LogP contribution in [0.2, 0.25) is 0 Å². The predicted octanol–water partition coefficient (Wildman–Crippen LogP) is 0.979. The number of ether oxygens (including phenoxy) is 1. The van der Waals surface area contributed by atoms with Gasteiger partial charge in [0.15, 0.2) is 0 Å². The molecule has 6 nitrogen and oxygen atoms in total. The molecule has 2 fully saturated rings. The lowest BCUT2D eigenvalue weighted by atomic mass is 9.85. The van der Waals surface area contributed by atoms with Crippen LogP contribution < -0.4 is 16.0 Å². The smallest absolute Gasteiger partial charge is 0.251 e. The largest absolute Gasteiger partial charge is 0.373 e. The highest BCUT2D eigenvalue weighted by molar-refractivity contribution is 5.94. The van der Waals surface area contributed by atoms with Crippen LogP contribution in [-0.4, -0.2) is 69.3 Å². The standard InChI is InChI=1S/C20H32N4O2/c1-24(2)13-12-22-19(25)17-5-3-16(4-6-17)15-23-18-7-14-26-20(18)8-10-21-11-9-20/h3-6,18,21,23H,7-15H2,1-2H3,(H,22,25). The zero-order chi connectivity index (χ0) is 18.4. The minimum atomic E-state index is -0.00999. The number of nitrogens with one attached hydrogen (secondary N) is 3. The maximum Gasteiger partial charge on any atom is 0.251 e. The molecule has 1 unspecified atom stereocenters. The molecule has 2 aliphatic rings. The fourth-order valence-electron chi connectivity index (χ4n) is 3.88. The van der Waals surface area contributed by atoms with E-state index in [1.807, 2.05) is 38.4 Å². The predicted molar refractivity (Wildman–Crippen MR) is 103 cm³/mol. The molecule has 3 N–H and O–H groups in total. The summed E-state index contributed by atoms with van der Waals surface area (Å²) < 4.78 is 6.13. The first kappa shape index (κ1) is 19.3. The van der Waals surface area contributed by atoms with E-state index in [4.69, 9.17) is 4.74 Å². The third-order valence-corrected chi connectivity index (χ3v) is 5.49. The second kappa shape index (κ2) is 8.95. The highest BCUT2D eigenvalue weighted by Crippen LogP contribution is 2.34. The first-order valence-electron chi connectivity index (χ1n) is 9.69. The van der Waals surface area contributed by atoms with Gasteiger partial charge in [-0.05, 0) is 64.1 Å². The van der Waals surface area contributed by atoms with E-state index in [0.717, 1.165) is 52.0 Å². The number of carbonyl (C=O) groups is 1. The summed E-state index contributed by atoms with van der Waals surface area (Å²) in [5.74, 6) is -0.00999. The molecule has 2 aliphatic heterocycles. The van der Waals surface area contributed by atoms with Crippen LogP contribution in [0.5, 0.6) is 0 Å². The molecule has 1 atom stereocenters. The Hall–Kier alpha value is -1.47. The molecule has 0 aromatic heterocycles. The Morgan fingerprint density at radius 3 is 2.69 bits per heavy atom. The number of hydrogen-bond acceptors (Lipinski definition) is 5. The maximum absolute atomic E-state index is 12.1. The van der Waals surface area contributed by atoms with Gasteiger partial charge in [0.2, 0.25) is 0 Å². The van der Waals surface area contributed by atoms with Crippen LogP contribution in [0.25, 0.3) is 0 Å². The second-order valence-corrected chi connectivity index (χ2v) is 7.64. The molecule has 1 aromatic rings. The maximum atomic E-state index is 12.1. The fraction of sp³-hybridized carbons (Fsp3) is 0.650. The Morgan fingerprint density at radius 1 is 1.27 bits per heavy atom. The summed E-state index contributed by atoms with van der Waals surface area (Å²) in [4.78, 5) is 14.2. The highest BCUT2D eigenvalue weighted by Gasteiger charge is 2.44. The summed E-state index contributed by atoms with van der Waals surface area (Å²) in [6.07, 6.45) is 3.24. The number of nitrogens with zero attached hydrogens (tertiary/aromatic N) is 1. The van der Waals surface area contributed by atoms with E-state index in [2.05, 4.69) is 20.9 Å². The molecule has 0 radical (unpaired) electrons. The number of benzene rings is 1. The molecule has 1 amide bonds. The molecular formula is C20H32N4O2. The van der Waals surface area contributed by atoms with Crippen LogP contribution in [0.15, 0.2) is 24.3 Å². The van der Waals surface area contributed by atoms with Crippen molar-refractivity contribution in [3.05, 3.63) is 35.4 Å². The van der Waals surface area contributed by atoms with Crippen LogP contribution in [0.3, 0.4) is 0 Å². The molecule has 1 spiro atoms. The molecule has 0 saturated carbocycles. The van der Waals surface area contributed by atoms with Gasteiger partial charge in [-0.3, -0.25) is 4.79 Å². The minimum absolute atomic E-state index is 0.00999. The van der Waals surface area contributed by atoms with Gasteiger partial charge < -0.3 is 25.6 Å². The number of carbonyl (C=O) groups excluding carboxylic acids is 1. The van der Waals surface area contributed by atoms with Crippen molar-refractivity contribution in [3.63, 3.8) is 0 Å². The van der Waals surface area contributed by atoms with E-state index < -0.39 is 0 Å². The quantitative estimate of drug-likeness (QED) is 0.676. The summed E-state index contributed by atoms with van der Waals surface area (Å²) in [5, 5.41) is 10.1. The summed E-state index contributed by atoms with van der Waals surface area (Å²) in [6.45, 7) is 5.24. The van der Waals surface area contributed by atoms with Gasteiger partial charge in [-0.25, -0.2) is 0 Å². The number of amides is 1. The van der Waals surface area contributed by atoms with Crippen molar-refractivity contribution in [2.24, 2.45) is 0 Å². The summed E-state index contributed by atoms with van der Waals surface area (Å²) >= 11 is 0. The Labute approximate surface area is 156 Å². The van der Waals surface area contributed by atoms with Crippen LogP contribution in [0, 0.1) is 0 Å². The summed E-state index contributed by atoms with van der Waals surface area (Å²) in [7, 11) is 3.99. The Balaban J connectivity index is 1.49. The third-order valence-electron chi connectivity index (χ3n) is 5.49. The normalized spacial score (nSPS) is 22.0. The Bertz CT molecular complexity index is 582. The van der Waals surface area contributed by atoms with Gasteiger partial charge >= 0.3 is 0 Å². The molecule has 2 saturated heterocycles. The Morgan fingerprint density at radius 2 is 2.00 bits per heavy atom. The lowest BCUT2D eigenvalue weighted by molar-refractivity contribution is -0.0338. The zero-order valence-electron chi connectivity index (χ0n) is 16.0. The van der Waals surface area contributed by atoms with Gasteiger partial charge in [-0.1, -0.05) is 12.1 Å². The van der Waals surface area contributed by atoms with Crippen molar-refractivity contribution in [1.82, 2.24) is 20.9 Å². The first-order chi connectivity index (χ1) is 12.6. The average molecular weight is 361 g/mol. The minimum Gasteiger partial charge on any atom is -0.373 e. The molecule has 144 valence electrons. The summed E-state index contributed by atoms with van der Waals surface area (Å²) in [6, 6.07) is 8.32. The van der Waals surface area contributed by atoms with Crippen molar-refractivity contribution < 1.29 is 9.53 Å².